The predicted octanol–water partition coefficient (Wildman–Crippen LogP) is 3.99. The highest BCUT2D eigenvalue weighted by atomic mass is 127. The maximum absolute atomic E-state index is 4.79. The molecule has 0 aliphatic carbocycles. The number of hydrogen-bond acceptors (Lipinski definition) is 5. The first-order chi connectivity index (χ1) is 14.3. The molecule has 1 aromatic heterocycles. The number of nitrogens with one attached hydrogen (secondary N) is 2. The van der Waals surface area contributed by atoms with Gasteiger partial charge in [-0.15, -0.1) is 35.3 Å². The zero-order valence-electron chi connectivity index (χ0n) is 18.1. The van der Waals surface area contributed by atoms with Gasteiger partial charge in [0.15, 0.2) is 11.1 Å². The van der Waals surface area contributed by atoms with Crippen molar-refractivity contribution in [3.05, 3.63) is 41.4 Å². The van der Waals surface area contributed by atoms with E-state index in [0.29, 0.717) is 0 Å². The number of aromatic nitrogens is 1. The highest BCUT2D eigenvalue weighted by molar-refractivity contribution is 14.0. The molecule has 2 heterocycles. The number of hydrogen-bond donors (Lipinski definition) is 2. The molecule has 2 aromatic rings. The molecule has 1 aromatic carbocycles. The minimum absolute atomic E-state index is 0. The fourth-order valence-corrected chi connectivity index (χ4v) is 4.49. The van der Waals surface area contributed by atoms with Crippen molar-refractivity contribution in [2.24, 2.45) is 4.99 Å². The van der Waals surface area contributed by atoms with E-state index in [4.69, 9.17) is 4.98 Å². The monoisotopic (exact) mass is 542 g/mol. The molecule has 0 amide bonds. The molecule has 2 N–H and O–H groups in total. The van der Waals surface area contributed by atoms with Crippen molar-refractivity contribution in [2.45, 2.75) is 32.6 Å². The van der Waals surface area contributed by atoms with E-state index < -0.39 is 0 Å². The van der Waals surface area contributed by atoms with Crippen molar-refractivity contribution < 1.29 is 0 Å². The number of anilines is 2. The van der Waals surface area contributed by atoms with E-state index in [1.807, 2.05) is 7.05 Å². The molecule has 30 heavy (non-hydrogen) atoms. The number of halogens is 1. The SMILES string of the molecule is CCN(CCCNC(=NC)NCCc1csc(N2CCCC2)n1)c1ccccc1.I. The van der Waals surface area contributed by atoms with Crippen molar-refractivity contribution in [1.82, 2.24) is 15.6 Å². The second kappa shape index (κ2) is 13.7. The van der Waals surface area contributed by atoms with Gasteiger partial charge in [-0.3, -0.25) is 4.99 Å². The van der Waals surface area contributed by atoms with Gasteiger partial charge >= 0.3 is 0 Å². The van der Waals surface area contributed by atoms with Crippen molar-refractivity contribution in [3.8, 4) is 0 Å². The van der Waals surface area contributed by atoms with E-state index in [2.05, 4.69) is 68.1 Å². The van der Waals surface area contributed by atoms with Gasteiger partial charge in [-0.25, -0.2) is 4.98 Å². The van der Waals surface area contributed by atoms with Crippen LogP contribution in [0.4, 0.5) is 10.8 Å². The summed E-state index contributed by atoms with van der Waals surface area (Å²) in [5, 5.41) is 10.2. The molecule has 0 saturated carbocycles. The van der Waals surface area contributed by atoms with Gasteiger partial charge in [0.25, 0.3) is 0 Å². The van der Waals surface area contributed by atoms with Crippen LogP contribution in [0.1, 0.15) is 31.9 Å². The van der Waals surface area contributed by atoms with Crippen LogP contribution >= 0.6 is 35.3 Å². The summed E-state index contributed by atoms with van der Waals surface area (Å²) in [6.45, 7) is 8.30. The molecule has 1 fully saturated rings. The van der Waals surface area contributed by atoms with Crippen molar-refractivity contribution in [2.75, 3.05) is 56.1 Å². The first kappa shape index (κ1) is 24.7. The van der Waals surface area contributed by atoms with Gasteiger partial charge in [0.05, 0.1) is 5.69 Å². The summed E-state index contributed by atoms with van der Waals surface area (Å²) in [6.07, 6.45) is 4.57. The molecule has 0 spiro atoms. The third-order valence-electron chi connectivity index (χ3n) is 5.21. The zero-order valence-corrected chi connectivity index (χ0v) is 21.3. The molecule has 1 saturated heterocycles. The average molecular weight is 543 g/mol. The van der Waals surface area contributed by atoms with Crippen LogP contribution < -0.4 is 20.4 Å². The Hall–Kier alpha value is -1.55. The van der Waals surface area contributed by atoms with Crippen molar-refractivity contribution in [1.29, 1.82) is 0 Å². The van der Waals surface area contributed by atoms with Crippen LogP contribution in [0.25, 0.3) is 0 Å². The lowest BCUT2D eigenvalue weighted by atomic mass is 10.2. The summed E-state index contributed by atoms with van der Waals surface area (Å²) < 4.78 is 0. The van der Waals surface area contributed by atoms with Gasteiger partial charge in [0, 0.05) is 63.8 Å². The third kappa shape index (κ3) is 7.61. The molecule has 1 aliphatic heterocycles. The fourth-order valence-electron chi connectivity index (χ4n) is 3.58. The Labute approximate surface area is 202 Å². The van der Waals surface area contributed by atoms with E-state index in [9.17, 15) is 0 Å². The third-order valence-corrected chi connectivity index (χ3v) is 6.16. The summed E-state index contributed by atoms with van der Waals surface area (Å²) in [6, 6.07) is 10.6. The number of guanidine groups is 1. The average Bonchev–Trinajstić information content (AvgIpc) is 3.45. The Morgan fingerprint density at radius 1 is 1.17 bits per heavy atom. The van der Waals surface area contributed by atoms with Crippen LogP contribution in [0.3, 0.4) is 0 Å². The second-order valence-corrected chi connectivity index (χ2v) is 8.10. The molecule has 0 unspecified atom stereocenters. The molecule has 8 heteroatoms. The summed E-state index contributed by atoms with van der Waals surface area (Å²) >= 11 is 1.77. The van der Waals surface area contributed by atoms with E-state index >= 15 is 0 Å². The van der Waals surface area contributed by atoms with Crippen LogP contribution in [-0.2, 0) is 6.42 Å². The molecule has 3 rings (SSSR count). The normalized spacial score (nSPS) is 13.8. The Kier molecular flexibility index (Phi) is 11.3. The Morgan fingerprint density at radius 2 is 1.90 bits per heavy atom. The topological polar surface area (TPSA) is 55.8 Å². The first-order valence-electron chi connectivity index (χ1n) is 10.7. The molecule has 1 aliphatic rings. The fraction of sp³-hybridized carbons (Fsp3) is 0.545. The molecular formula is C22H35IN6S. The number of rotatable bonds is 10. The first-order valence-corrected chi connectivity index (χ1v) is 11.6. The van der Waals surface area contributed by atoms with Gasteiger partial charge in [-0.05, 0) is 38.3 Å². The highest BCUT2D eigenvalue weighted by Crippen LogP contribution is 2.24. The smallest absolute Gasteiger partial charge is 0.190 e. The largest absolute Gasteiger partial charge is 0.372 e. The number of benzene rings is 1. The molecule has 0 bridgehead atoms. The second-order valence-electron chi connectivity index (χ2n) is 7.26. The summed E-state index contributed by atoms with van der Waals surface area (Å²) in [7, 11) is 1.83. The number of para-hydroxylation sites is 1. The van der Waals surface area contributed by atoms with Crippen LogP contribution in [0, 0.1) is 0 Å². The highest BCUT2D eigenvalue weighted by Gasteiger charge is 2.15. The lowest BCUT2D eigenvalue weighted by Gasteiger charge is -2.23. The summed E-state index contributed by atoms with van der Waals surface area (Å²) in [4.78, 5) is 13.9. The van der Waals surface area contributed by atoms with Crippen molar-refractivity contribution in [3.63, 3.8) is 0 Å². The van der Waals surface area contributed by atoms with Crippen LogP contribution in [0.5, 0.6) is 0 Å². The molecule has 0 atom stereocenters. The molecular weight excluding hydrogens is 507 g/mol. The Balaban J connectivity index is 0.00000320. The van der Waals surface area contributed by atoms with E-state index in [1.165, 1.54) is 29.4 Å². The van der Waals surface area contributed by atoms with Gasteiger partial charge in [0.1, 0.15) is 0 Å². The maximum Gasteiger partial charge on any atom is 0.190 e. The Bertz CT molecular complexity index is 745. The molecule has 6 nitrogen and oxygen atoms in total. The predicted molar refractivity (Wildman–Crippen MR) is 141 cm³/mol. The van der Waals surface area contributed by atoms with Crippen LogP contribution in [-0.4, -0.2) is 57.3 Å². The minimum atomic E-state index is 0. The summed E-state index contributed by atoms with van der Waals surface area (Å²) in [5.74, 6) is 0.864. The number of aliphatic imine (C=N–C) groups is 1. The van der Waals surface area contributed by atoms with E-state index in [0.717, 1.165) is 58.1 Å². The van der Waals surface area contributed by atoms with Crippen LogP contribution in [0.15, 0.2) is 40.7 Å². The lowest BCUT2D eigenvalue weighted by molar-refractivity contribution is 0.706. The summed E-state index contributed by atoms with van der Waals surface area (Å²) in [5.41, 5.74) is 2.45. The lowest BCUT2D eigenvalue weighted by Crippen LogP contribution is -2.39. The maximum atomic E-state index is 4.79. The van der Waals surface area contributed by atoms with Gasteiger partial charge in [-0.2, -0.15) is 0 Å². The number of nitrogens with zero attached hydrogens (tertiary/aromatic N) is 4. The van der Waals surface area contributed by atoms with E-state index in [-0.39, 0.29) is 24.0 Å². The van der Waals surface area contributed by atoms with Gasteiger partial charge in [0.2, 0.25) is 0 Å². The van der Waals surface area contributed by atoms with Gasteiger partial charge in [-0.1, -0.05) is 18.2 Å². The van der Waals surface area contributed by atoms with E-state index in [1.54, 1.807) is 11.3 Å². The zero-order chi connectivity index (χ0) is 20.3. The standard InChI is InChI=1S/C22H34N6S.HI/c1-3-27(20-10-5-4-6-11-20)17-9-13-24-21(23-2)25-14-12-19-18-29-22(26-19)28-15-7-8-16-28;/h4-6,10-11,18H,3,7-9,12-17H2,1-2H3,(H2,23,24,25);1H. The molecule has 166 valence electrons. The van der Waals surface area contributed by atoms with Gasteiger partial charge < -0.3 is 20.4 Å². The number of thiazole rings is 1. The quantitative estimate of drug-likeness (QED) is 0.206. The van der Waals surface area contributed by atoms with Crippen molar-refractivity contribution >= 4 is 52.1 Å². The molecule has 0 radical (unpaired) electrons. The van der Waals surface area contributed by atoms with Crippen LogP contribution in [0.2, 0.25) is 0 Å². The Morgan fingerprint density at radius 3 is 2.60 bits per heavy atom. The minimum Gasteiger partial charge on any atom is -0.372 e.